The maximum atomic E-state index is 13.8. The van der Waals surface area contributed by atoms with E-state index in [0.717, 1.165) is 29.1 Å². The molecule has 2 aromatic heterocycles. The number of alkyl halides is 3. The standard InChI is InChI=1S/C21H11Cl2F4N5O/c22-17-8-12(24)2-4-14(17)11-1-3-15(16(7-11)21(25,26)27)20(33)31-13-9-18(23)19(28-10-13)32-29-5-6-30-32/h1-10H,(H,31,33). The molecule has 0 saturated heterocycles. The molecule has 0 aliphatic heterocycles. The van der Waals surface area contributed by atoms with Crippen LogP contribution in [-0.2, 0) is 6.18 Å². The Morgan fingerprint density at radius 2 is 1.70 bits per heavy atom. The van der Waals surface area contributed by atoms with Crippen molar-refractivity contribution in [1.82, 2.24) is 20.0 Å². The molecule has 0 aliphatic carbocycles. The van der Waals surface area contributed by atoms with Crippen molar-refractivity contribution in [3.8, 4) is 16.9 Å². The highest BCUT2D eigenvalue weighted by molar-refractivity contribution is 6.33. The quantitative estimate of drug-likeness (QED) is 0.350. The maximum absolute atomic E-state index is 13.8. The third kappa shape index (κ3) is 4.81. The van der Waals surface area contributed by atoms with Gasteiger partial charge in [-0.15, -0.1) is 4.80 Å². The van der Waals surface area contributed by atoms with Gasteiger partial charge in [-0.1, -0.05) is 29.3 Å². The normalized spacial score (nSPS) is 11.5. The summed E-state index contributed by atoms with van der Waals surface area (Å²) in [6.45, 7) is 0. The second kappa shape index (κ2) is 8.80. The number of carbonyl (C=O) groups is 1. The lowest BCUT2D eigenvalue weighted by Gasteiger charge is -2.15. The lowest BCUT2D eigenvalue weighted by molar-refractivity contribution is -0.137. The SMILES string of the molecule is O=C(Nc1cnc(-n2nccn2)c(Cl)c1)c1ccc(-c2ccc(F)cc2Cl)cc1C(F)(F)F. The molecule has 4 rings (SSSR count). The van der Waals surface area contributed by atoms with Crippen molar-refractivity contribution >= 4 is 34.8 Å². The van der Waals surface area contributed by atoms with E-state index in [0.29, 0.717) is 0 Å². The van der Waals surface area contributed by atoms with Crippen LogP contribution in [0, 0.1) is 5.82 Å². The van der Waals surface area contributed by atoms with Crippen LogP contribution >= 0.6 is 23.2 Å². The number of carbonyl (C=O) groups excluding carboxylic acids is 1. The number of nitrogens with zero attached hydrogens (tertiary/aromatic N) is 4. The molecule has 2 aromatic carbocycles. The Balaban J connectivity index is 1.66. The molecule has 0 aliphatic rings. The summed E-state index contributed by atoms with van der Waals surface area (Å²) >= 11 is 12.1. The topological polar surface area (TPSA) is 72.7 Å². The van der Waals surface area contributed by atoms with Gasteiger partial charge in [0.05, 0.1) is 45.5 Å². The van der Waals surface area contributed by atoms with Crippen LogP contribution in [0.4, 0.5) is 23.2 Å². The number of pyridine rings is 1. The summed E-state index contributed by atoms with van der Waals surface area (Å²) in [4.78, 5) is 17.9. The number of amides is 1. The Morgan fingerprint density at radius 1 is 0.970 bits per heavy atom. The first-order valence-corrected chi connectivity index (χ1v) is 9.89. The molecule has 168 valence electrons. The Labute approximate surface area is 193 Å². The largest absolute Gasteiger partial charge is 0.417 e. The first kappa shape index (κ1) is 22.7. The van der Waals surface area contributed by atoms with Gasteiger partial charge in [0.25, 0.3) is 5.91 Å². The van der Waals surface area contributed by atoms with E-state index in [4.69, 9.17) is 23.2 Å². The van der Waals surface area contributed by atoms with Crippen molar-refractivity contribution in [1.29, 1.82) is 0 Å². The fraction of sp³-hybridized carbons (Fsp3) is 0.0476. The number of nitrogens with one attached hydrogen (secondary N) is 1. The van der Waals surface area contributed by atoms with Crippen LogP contribution in [0.3, 0.4) is 0 Å². The van der Waals surface area contributed by atoms with Crippen molar-refractivity contribution in [2.75, 3.05) is 5.32 Å². The molecular weight excluding hydrogens is 485 g/mol. The van der Waals surface area contributed by atoms with Crippen LogP contribution in [0.2, 0.25) is 10.0 Å². The smallest absolute Gasteiger partial charge is 0.321 e. The van der Waals surface area contributed by atoms with Gasteiger partial charge in [-0.25, -0.2) is 9.37 Å². The first-order valence-electron chi connectivity index (χ1n) is 9.14. The van der Waals surface area contributed by atoms with Crippen molar-refractivity contribution in [3.05, 3.63) is 88.0 Å². The summed E-state index contributed by atoms with van der Waals surface area (Å²) in [6, 6.07) is 7.73. The van der Waals surface area contributed by atoms with E-state index in [-0.39, 0.29) is 32.7 Å². The second-order valence-electron chi connectivity index (χ2n) is 6.68. The molecule has 0 spiro atoms. The van der Waals surface area contributed by atoms with Crippen LogP contribution in [0.1, 0.15) is 15.9 Å². The van der Waals surface area contributed by atoms with E-state index in [9.17, 15) is 22.4 Å². The minimum absolute atomic E-state index is 0.0622. The summed E-state index contributed by atoms with van der Waals surface area (Å²) in [5, 5.41) is 10.1. The van der Waals surface area contributed by atoms with E-state index in [2.05, 4.69) is 20.5 Å². The molecule has 0 radical (unpaired) electrons. The monoisotopic (exact) mass is 495 g/mol. The van der Waals surface area contributed by atoms with Gasteiger partial charge in [0.2, 0.25) is 0 Å². The van der Waals surface area contributed by atoms with Crippen molar-refractivity contribution in [2.24, 2.45) is 0 Å². The van der Waals surface area contributed by atoms with Crippen molar-refractivity contribution in [3.63, 3.8) is 0 Å². The van der Waals surface area contributed by atoms with Crippen LogP contribution < -0.4 is 5.32 Å². The minimum atomic E-state index is -4.85. The lowest BCUT2D eigenvalue weighted by Crippen LogP contribution is -2.19. The number of hydrogen-bond donors (Lipinski definition) is 1. The highest BCUT2D eigenvalue weighted by Gasteiger charge is 2.36. The number of anilines is 1. The molecule has 0 saturated carbocycles. The number of aromatic nitrogens is 4. The van der Waals surface area contributed by atoms with Gasteiger partial charge in [0.1, 0.15) is 5.82 Å². The molecule has 0 atom stereocenters. The summed E-state index contributed by atoms with van der Waals surface area (Å²) in [7, 11) is 0. The van der Waals surface area contributed by atoms with Crippen molar-refractivity contribution < 1.29 is 22.4 Å². The third-order valence-electron chi connectivity index (χ3n) is 4.50. The molecule has 0 unspecified atom stereocenters. The summed E-state index contributed by atoms with van der Waals surface area (Å²) in [5.74, 6) is -1.48. The average Bonchev–Trinajstić information content (AvgIpc) is 3.27. The van der Waals surface area contributed by atoms with Crippen LogP contribution in [0.15, 0.2) is 61.1 Å². The fourth-order valence-corrected chi connectivity index (χ4v) is 3.56. The van der Waals surface area contributed by atoms with Gasteiger partial charge in [-0.3, -0.25) is 4.79 Å². The Bertz CT molecular complexity index is 1340. The summed E-state index contributed by atoms with van der Waals surface area (Å²) in [6.07, 6.45) is -0.812. The number of rotatable bonds is 4. The van der Waals surface area contributed by atoms with E-state index in [1.807, 2.05) is 0 Å². The van der Waals surface area contributed by atoms with Crippen LogP contribution in [-0.4, -0.2) is 25.9 Å². The van der Waals surface area contributed by atoms with Gasteiger partial charge in [0, 0.05) is 5.56 Å². The van der Waals surface area contributed by atoms with Crippen LogP contribution in [0.5, 0.6) is 0 Å². The number of halogens is 6. The molecule has 33 heavy (non-hydrogen) atoms. The number of benzene rings is 2. The molecule has 6 nitrogen and oxygen atoms in total. The first-order chi connectivity index (χ1) is 15.6. The highest BCUT2D eigenvalue weighted by atomic mass is 35.5. The third-order valence-corrected chi connectivity index (χ3v) is 5.09. The Kier molecular flexibility index (Phi) is 6.05. The molecule has 0 bridgehead atoms. The molecule has 4 aromatic rings. The second-order valence-corrected chi connectivity index (χ2v) is 7.50. The summed E-state index contributed by atoms with van der Waals surface area (Å²) < 4.78 is 54.6. The van der Waals surface area contributed by atoms with Gasteiger partial charge in [-0.05, 0) is 42.0 Å². The lowest BCUT2D eigenvalue weighted by atomic mass is 9.98. The van der Waals surface area contributed by atoms with Crippen LogP contribution in [0.25, 0.3) is 16.9 Å². The Morgan fingerprint density at radius 3 is 2.33 bits per heavy atom. The number of hydrogen-bond acceptors (Lipinski definition) is 4. The van der Waals surface area contributed by atoms with E-state index in [1.165, 1.54) is 36.8 Å². The van der Waals surface area contributed by atoms with E-state index >= 15 is 0 Å². The van der Waals surface area contributed by atoms with Gasteiger partial charge in [-0.2, -0.15) is 23.4 Å². The van der Waals surface area contributed by atoms with Gasteiger partial charge < -0.3 is 5.32 Å². The van der Waals surface area contributed by atoms with Crippen molar-refractivity contribution in [2.45, 2.75) is 6.18 Å². The predicted octanol–water partition coefficient (Wildman–Crippen LogP) is 6.05. The van der Waals surface area contributed by atoms with Gasteiger partial charge in [0.15, 0.2) is 5.82 Å². The van der Waals surface area contributed by atoms with Gasteiger partial charge >= 0.3 is 6.18 Å². The Hall–Kier alpha value is -3.50. The minimum Gasteiger partial charge on any atom is -0.321 e. The zero-order valence-electron chi connectivity index (χ0n) is 16.2. The molecule has 1 N–H and O–H groups in total. The summed E-state index contributed by atoms with van der Waals surface area (Å²) in [5.41, 5.74) is -1.48. The molecule has 1 amide bonds. The van der Waals surface area contributed by atoms with E-state index < -0.39 is 29.0 Å². The predicted molar refractivity (Wildman–Crippen MR) is 114 cm³/mol. The zero-order valence-corrected chi connectivity index (χ0v) is 17.8. The zero-order chi connectivity index (χ0) is 23.8. The molecule has 12 heteroatoms. The average molecular weight is 496 g/mol. The van der Waals surface area contributed by atoms with E-state index in [1.54, 1.807) is 0 Å². The fourth-order valence-electron chi connectivity index (χ4n) is 3.04. The molecule has 2 heterocycles. The maximum Gasteiger partial charge on any atom is 0.417 e. The molecule has 0 fully saturated rings. The highest BCUT2D eigenvalue weighted by Crippen LogP contribution is 2.37. The molecular formula is C21H11Cl2F4N5O.